The molecule has 2 rings (SSSR count). The summed E-state index contributed by atoms with van der Waals surface area (Å²) in [6.45, 7) is 2.77. The number of rotatable bonds is 4. The number of nitrogens with one attached hydrogen (secondary N) is 1. The van der Waals surface area contributed by atoms with Gasteiger partial charge in [-0.3, -0.25) is 5.41 Å². The van der Waals surface area contributed by atoms with Crippen LogP contribution >= 0.6 is 27.3 Å². The third-order valence-electron chi connectivity index (χ3n) is 2.75. The molecule has 2 aromatic rings. The largest absolute Gasteiger partial charge is 0.384 e. The van der Waals surface area contributed by atoms with Gasteiger partial charge in [0.15, 0.2) is 0 Å². The molecule has 0 fully saturated rings. The Hall–Kier alpha value is -1.40. The number of thiazole rings is 1. The van der Waals surface area contributed by atoms with E-state index in [-0.39, 0.29) is 5.84 Å². The first-order chi connectivity index (χ1) is 8.97. The Morgan fingerprint density at radius 2 is 2.26 bits per heavy atom. The monoisotopic (exact) mass is 338 g/mol. The first kappa shape index (κ1) is 14.0. The maximum absolute atomic E-state index is 7.46. The molecular weight excluding hydrogens is 324 g/mol. The lowest BCUT2D eigenvalue weighted by atomic mass is 10.2. The first-order valence-electron chi connectivity index (χ1n) is 5.73. The number of hydrogen-bond donors (Lipinski definition) is 2. The minimum Gasteiger partial charge on any atom is -0.384 e. The molecular formula is C13H15BrN4S. The molecule has 0 saturated carbocycles. The van der Waals surface area contributed by atoms with Crippen LogP contribution in [0.5, 0.6) is 0 Å². The van der Waals surface area contributed by atoms with Crippen LogP contribution in [0.3, 0.4) is 0 Å². The minimum absolute atomic E-state index is 0.0659. The lowest BCUT2D eigenvalue weighted by Gasteiger charge is -2.19. The van der Waals surface area contributed by atoms with Crippen molar-refractivity contribution in [3.8, 4) is 0 Å². The number of aromatic nitrogens is 1. The molecule has 3 N–H and O–H groups in total. The third kappa shape index (κ3) is 3.33. The van der Waals surface area contributed by atoms with Gasteiger partial charge in [0.2, 0.25) is 0 Å². The lowest BCUT2D eigenvalue weighted by molar-refractivity contribution is 0.890. The van der Waals surface area contributed by atoms with Gasteiger partial charge in [-0.25, -0.2) is 4.98 Å². The van der Waals surface area contributed by atoms with Crippen molar-refractivity contribution in [1.82, 2.24) is 4.98 Å². The Morgan fingerprint density at radius 3 is 2.79 bits per heavy atom. The van der Waals surface area contributed by atoms with Crippen molar-refractivity contribution >= 4 is 38.8 Å². The molecule has 4 nitrogen and oxygen atoms in total. The highest BCUT2D eigenvalue weighted by Crippen LogP contribution is 2.24. The second-order valence-corrected chi connectivity index (χ2v) is 6.21. The molecule has 0 aliphatic rings. The standard InChI is InChI=1S/C13H15BrN4S/c1-8-17-9(7-19-8)6-18(2)10-3-4-11(13(15)16)12(14)5-10/h3-5,7H,6H2,1-2H3,(H3,15,16). The minimum atomic E-state index is 0.0659. The summed E-state index contributed by atoms with van der Waals surface area (Å²) in [5, 5.41) is 10.6. The van der Waals surface area contributed by atoms with E-state index in [1.807, 2.05) is 32.2 Å². The van der Waals surface area contributed by atoms with E-state index in [0.717, 1.165) is 27.4 Å². The van der Waals surface area contributed by atoms with Gasteiger partial charge in [0.05, 0.1) is 17.2 Å². The van der Waals surface area contributed by atoms with Crippen molar-refractivity contribution in [2.75, 3.05) is 11.9 Å². The molecule has 0 aliphatic heterocycles. The highest BCUT2D eigenvalue weighted by molar-refractivity contribution is 9.10. The number of nitrogens with two attached hydrogens (primary N) is 1. The summed E-state index contributed by atoms with van der Waals surface area (Å²) in [7, 11) is 2.02. The quantitative estimate of drug-likeness (QED) is 0.664. The number of amidine groups is 1. The second-order valence-electron chi connectivity index (χ2n) is 4.29. The van der Waals surface area contributed by atoms with Crippen LogP contribution in [-0.4, -0.2) is 17.9 Å². The summed E-state index contributed by atoms with van der Waals surface area (Å²) in [5.41, 5.74) is 8.33. The molecule has 0 saturated heterocycles. The Bertz CT molecular complexity index is 608. The van der Waals surface area contributed by atoms with Gasteiger partial charge in [-0.15, -0.1) is 11.3 Å². The highest BCUT2D eigenvalue weighted by Gasteiger charge is 2.08. The number of halogens is 1. The Kier molecular flexibility index (Phi) is 4.21. The highest BCUT2D eigenvalue weighted by atomic mass is 79.9. The molecule has 100 valence electrons. The summed E-state index contributed by atoms with van der Waals surface area (Å²) in [6, 6.07) is 5.78. The average molecular weight is 339 g/mol. The summed E-state index contributed by atoms with van der Waals surface area (Å²) >= 11 is 5.10. The van der Waals surface area contributed by atoms with E-state index in [4.69, 9.17) is 11.1 Å². The van der Waals surface area contributed by atoms with E-state index < -0.39 is 0 Å². The van der Waals surface area contributed by atoms with Gasteiger partial charge in [0, 0.05) is 28.2 Å². The number of aryl methyl sites for hydroxylation is 1. The van der Waals surface area contributed by atoms with Gasteiger partial charge < -0.3 is 10.6 Å². The second kappa shape index (κ2) is 5.71. The van der Waals surface area contributed by atoms with Crippen LogP contribution in [-0.2, 0) is 6.54 Å². The van der Waals surface area contributed by atoms with E-state index in [2.05, 4.69) is 31.2 Å². The zero-order valence-corrected chi connectivity index (χ0v) is 13.2. The zero-order valence-electron chi connectivity index (χ0n) is 10.8. The molecule has 0 amide bonds. The lowest BCUT2D eigenvalue weighted by Crippen LogP contribution is -2.17. The average Bonchev–Trinajstić information content (AvgIpc) is 2.74. The maximum Gasteiger partial charge on any atom is 0.123 e. The fraction of sp³-hybridized carbons (Fsp3) is 0.231. The fourth-order valence-electron chi connectivity index (χ4n) is 1.78. The number of hydrogen-bond acceptors (Lipinski definition) is 4. The molecule has 0 radical (unpaired) electrons. The molecule has 6 heteroatoms. The zero-order chi connectivity index (χ0) is 14.0. The van der Waals surface area contributed by atoms with Crippen LogP contribution < -0.4 is 10.6 Å². The van der Waals surface area contributed by atoms with Crippen LogP contribution in [0, 0.1) is 12.3 Å². The van der Waals surface area contributed by atoms with Crippen molar-refractivity contribution in [2.24, 2.45) is 5.73 Å². The summed E-state index contributed by atoms with van der Waals surface area (Å²) < 4.78 is 0.832. The Morgan fingerprint density at radius 1 is 1.53 bits per heavy atom. The molecule has 0 aliphatic carbocycles. The van der Waals surface area contributed by atoms with Gasteiger partial charge in [0.25, 0.3) is 0 Å². The Balaban J connectivity index is 2.17. The number of nitrogens with zero attached hydrogens (tertiary/aromatic N) is 2. The molecule has 1 heterocycles. The normalized spacial score (nSPS) is 10.5. The van der Waals surface area contributed by atoms with Crippen LogP contribution in [0.4, 0.5) is 5.69 Å². The smallest absolute Gasteiger partial charge is 0.123 e. The van der Waals surface area contributed by atoms with E-state index >= 15 is 0 Å². The van der Waals surface area contributed by atoms with Gasteiger partial charge in [-0.2, -0.15) is 0 Å². The first-order valence-corrected chi connectivity index (χ1v) is 7.40. The van der Waals surface area contributed by atoms with Crippen molar-refractivity contribution in [2.45, 2.75) is 13.5 Å². The van der Waals surface area contributed by atoms with E-state index in [9.17, 15) is 0 Å². The molecule has 0 unspecified atom stereocenters. The fourth-order valence-corrected chi connectivity index (χ4v) is 2.96. The van der Waals surface area contributed by atoms with Crippen LogP contribution in [0.2, 0.25) is 0 Å². The van der Waals surface area contributed by atoms with Gasteiger partial charge in [0.1, 0.15) is 5.84 Å². The molecule has 0 bridgehead atoms. The predicted octanol–water partition coefficient (Wildman–Crippen LogP) is 3.13. The van der Waals surface area contributed by atoms with Crippen LogP contribution in [0.25, 0.3) is 0 Å². The number of benzene rings is 1. The maximum atomic E-state index is 7.46. The summed E-state index contributed by atoms with van der Waals surface area (Å²) in [4.78, 5) is 6.57. The van der Waals surface area contributed by atoms with Crippen molar-refractivity contribution < 1.29 is 0 Å². The molecule has 0 atom stereocenters. The molecule has 19 heavy (non-hydrogen) atoms. The van der Waals surface area contributed by atoms with Gasteiger partial charge in [-0.05, 0) is 41.1 Å². The van der Waals surface area contributed by atoms with E-state index in [1.165, 1.54) is 0 Å². The van der Waals surface area contributed by atoms with E-state index in [0.29, 0.717) is 5.56 Å². The summed E-state index contributed by atoms with van der Waals surface area (Å²) in [5.74, 6) is 0.0659. The van der Waals surface area contributed by atoms with Gasteiger partial charge in [-0.1, -0.05) is 0 Å². The van der Waals surface area contributed by atoms with E-state index in [1.54, 1.807) is 11.3 Å². The topological polar surface area (TPSA) is 66.0 Å². The van der Waals surface area contributed by atoms with Crippen molar-refractivity contribution in [1.29, 1.82) is 5.41 Å². The van der Waals surface area contributed by atoms with Crippen LogP contribution in [0.1, 0.15) is 16.3 Å². The van der Waals surface area contributed by atoms with Crippen molar-refractivity contribution in [3.05, 3.63) is 44.3 Å². The summed E-state index contributed by atoms with van der Waals surface area (Å²) in [6.07, 6.45) is 0. The molecule has 1 aromatic heterocycles. The Labute approximate surface area is 124 Å². The van der Waals surface area contributed by atoms with Crippen molar-refractivity contribution in [3.63, 3.8) is 0 Å². The van der Waals surface area contributed by atoms with Crippen LogP contribution in [0.15, 0.2) is 28.1 Å². The molecule has 0 spiro atoms. The van der Waals surface area contributed by atoms with Gasteiger partial charge >= 0.3 is 0 Å². The molecule has 1 aromatic carbocycles. The third-order valence-corrected chi connectivity index (χ3v) is 4.23. The number of anilines is 1. The number of nitrogen functional groups attached to an aromatic ring is 1. The SMILES string of the molecule is Cc1nc(CN(C)c2ccc(C(=N)N)c(Br)c2)cs1. The predicted molar refractivity (Wildman–Crippen MR) is 84.1 cm³/mol.